The Hall–Kier alpha value is -7.11. The summed E-state index contributed by atoms with van der Waals surface area (Å²) in [5, 5.41) is 13.4. The van der Waals surface area contributed by atoms with Crippen LogP contribution in [0.5, 0.6) is 0 Å². The minimum atomic E-state index is -1.62. The van der Waals surface area contributed by atoms with Gasteiger partial charge in [0.05, 0.1) is 16.1 Å². The van der Waals surface area contributed by atoms with Crippen LogP contribution in [0.25, 0.3) is 110 Å². The molecule has 0 heterocycles. The quantitative estimate of drug-likeness (QED) is 0.105. The van der Waals surface area contributed by atoms with Gasteiger partial charge in [-0.25, -0.2) is 0 Å². The Balaban J connectivity index is 1.30. The first-order valence-electron chi connectivity index (χ1n) is 23.4. The molecule has 11 aromatic rings. The first-order valence-corrected chi connectivity index (χ1v) is 30.4. The lowest BCUT2D eigenvalue weighted by Gasteiger charge is -2.24. The highest BCUT2D eigenvalue weighted by Gasteiger charge is 2.25. The van der Waals surface area contributed by atoms with Gasteiger partial charge in [0.2, 0.25) is 0 Å². The average Bonchev–Trinajstić information content (AvgIpc) is 3.34. The van der Waals surface area contributed by atoms with E-state index in [0.717, 1.165) is 0 Å². The molecule has 0 saturated heterocycles. The van der Waals surface area contributed by atoms with E-state index in [2.05, 4.69) is 258 Å². The summed E-state index contributed by atoms with van der Waals surface area (Å²) in [6.45, 7) is 14.7. The average molecular weight is 879 g/mol. The number of hydrogen-bond donors (Lipinski definition) is 0. The Morgan fingerprint density at radius 2 is 0.545 bits per heavy atom. The van der Waals surface area contributed by atoms with Crippen LogP contribution in [0.4, 0.5) is 0 Å². The van der Waals surface area contributed by atoms with Crippen LogP contribution < -0.4 is 10.4 Å². The first kappa shape index (κ1) is 41.6. The van der Waals surface area contributed by atoms with Crippen LogP contribution in [0, 0.1) is 0 Å². The van der Waals surface area contributed by atoms with Gasteiger partial charge < -0.3 is 0 Å². The molecule has 0 unspecified atom stereocenters. The van der Waals surface area contributed by atoms with E-state index in [1.807, 2.05) is 0 Å². The predicted molar refractivity (Wildman–Crippen MR) is 295 cm³/mol. The third-order valence-electron chi connectivity index (χ3n) is 13.8. The van der Waals surface area contributed by atoms with Crippen molar-refractivity contribution in [3.63, 3.8) is 0 Å². The van der Waals surface area contributed by atoms with E-state index >= 15 is 0 Å². The van der Waals surface area contributed by atoms with Crippen molar-refractivity contribution in [2.45, 2.75) is 39.3 Å². The van der Waals surface area contributed by atoms with E-state index in [1.165, 1.54) is 120 Å². The summed E-state index contributed by atoms with van der Waals surface area (Å²) >= 11 is 0. The van der Waals surface area contributed by atoms with Crippen LogP contribution in [0.2, 0.25) is 39.3 Å². The first-order chi connectivity index (χ1) is 32.0. The van der Waals surface area contributed by atoms with Crippen molar-refractivity contribution in [1.29, 1.82) is 0 Å². The topological polar surface area (TPSA) is 0 Å². The molecular weight excluding hydrogens is 825 g/mol. The molecule has 318 valence electrons. The van der Waals surface area contributed by atoms with Crippen LogP contribution in [-0.2, 0) is 0 Å². The molecule has 0 aliphatic rings. The molecule has 0 aliphatic heterocycles. The Morgan fingerprint density at radius 3 is 0.924 bits per heavy atom. The molecule has 0 saturated carbocycles. The largest absolute Gasteiger partial charge is 0.0784 e. The van der Waals surface area contributed by atoms with Gasteiger partial charge in [-0.15, -0.1) is 0 Å². The van der Waals surface area contributed by atoms with Crippen LogP contribution in [0.1, 0.15) is 0 Å². The normalized spacial score (nSPS) is 12.1. The predicted octanol–water partition coefficient (Wildman–Crippen LogP) is 17.4. The van der Waals surface area contributed by atoms with Gasteiger partial charge in [-0.1, -0.05) is 256 Å². The molecule has 0 N–H and O–H groups in total. The second-order valence-corrected chi connectivity index (χ2v) is 30.1. The molecule has 0 aromatic heterocycles. The highest BCUT2D eigenvalue weighted by atomic mass is 28.3. The summed E-state index contributed by atoms with van der Waals surface area (Å²) in [5.41, 5.74) is 14.9. The SMILES string of the molecule is C[Si](C)(C)c1ccc(-c2ccc3c(-c4ccccc4-c4ccccc4)c4cc(-c5ccc([Si](C)(C)C)c6ccccc56)ccc4c(-c4ccccc4-c4ccccc4)c3c2)c2ccccc12. The zero-order valence-electron chi connectivity index (χ0n) is 38.8. The third kappa shape index (κ3) is 7.22. The molecule has 0 atom stereocenters. The summed E-state index contributed by atoms with van der Waals surface area (Å²) in [6, 6.07) is 82.3. The van der Waals surface area contributed by atoms with Gasteiger partial charge in [-0.3, -0.25) is 0 Å². The molecule has 0 fully saturated rings. The molecule has 0 aliphatic carbocycles. The maximum absolute atomic E-state index is 2.51. The van der Waals surface area contributed by atoms with Gasteiger partial charge in [0.1, 0.15) is 0 Å². The fraction of sp³-hybridized carbons (Fsp3) is 0.0938. The van der Waals surface area contributed by atoms with Gasteiger partial charge in [-0.05, 0) is 122 Å². The number of benzene rings is 11. The fourth-order valence-electron chi connectivity index (χ4n) is 10.7. The Labute approximate surface area is 391 Å². The molecule has 11 rings (SSSR count). The Kier molecular flexibility index (Phi) is 10.3. The second-order valence-electron chi connectivity index (χ2n) is 20.0. The van der Waals surface area contributed by atoms with Crippen LogP contribution in [-0.4, -0.2) is 16.1 Å². The minimum Gasteiger partial charge on any atom is -0.0656 e. The van der Waals surface area contributed by atoms with Crippen molar-refractivity contribution in [3.05, 3.63) is 218 Å². The van der Waals surface area contributed by atoms with Crippen LogP contribution in [0.3, 0.4) is 0 Å². The Morgan fingerprint density at radius 1 is 0.212 bits per heavy atom. The molecule has 0 amide bonds. The van der Waals surface area contributed by atoms with Crippen molar-refractivity contribution in [2.24, 2.45) is 0 Å². The van der Waals surface area contributed by atoms with Gasteiger partial charge in [0.25, 0.3) is 0 Å². The van der Waals surface area contributed by atoms with E-state index < -0.39 is 16.1 Å². The number of hydrogen-bond acceptors (Lipinski definition) is 0. The zero-order valence-corrected chi connectivity index (χ0v) is 40.8. The highest BCUT2D eigenvalue weighted by Crippen LogP contribution is 2.50. The van der Waals surface area contributed by atoms with Gasteiger partial charge >= 0.3 is 0 Å². The zero-order chi connectivity index (χ0) is 45.2. The van der Waals surface area contributed by atoms with Crippen molar-refractivity contribution >= 4 is 69.6 Å². The number of fused-ring (bicyclic) bond motifs is 4. The minimum absolute atomic E-state index is 1.21. The molecule has 66 heavy (non-hydrogen) atoms. The molecule has 2 heteroatoms. The van der Waals surface area contributed by atoms with E-state index in [0.29, 0.717) is 0 Å². The smallest absolute Gasteiger partial charge is 0.0656 e. The summed E-state index contributed by atoms with van der Waals surface area (Å²) in [5.74, 6) is 0. The molecule has 0 spiro atoms. The summed E-state index contributed by atoms with van der Waals surface area (Å²) in [7, 11) is -3.24. The van der Waals surface area contributed by atoms with Crippen molar-refractivity contribution in [1.82, 2.24) is 0 Å². The summed E-state index contributed by atoms with van der Waals surface area (Å²) < 4.78 is 0. The lowest BCUT2D eigenvalue weighted by Crippen LogP contribution is -2.38. The monoisotopic (exact) mass is 878 g/mol. The maximum Gasteiger partial charge on any atom is 0.0784 e. The molecule has 11 aromatic carbocycles. The van der Waals surface area contributed by atoms with Crippen molar-refractivity contribution in [3.8, 4) is 66.8 Å². The van der Waals surface area contributed by atoms with Crippen molar-refractivity contribution in [2.75, 3.05) is 0 Å². The van der Waals surface area contributed by atoms with Crippen LogP contribution >= 0.6 is 0 Å². The molecule has 0 nitrogen and oxygen atoms in total. The lowest BCUT2D eigenvalue weighted by molar-refractivity contribution is 1.59. The highest BCUT2D eigenvalue weighted by molar-refractivity contribution is 6.91. The maximum atomic E-state index is 2.51. The van der Waals surface area contributed by atoms with Gasteiger partial charge in [0.15, 0.2) is 0 Å². The molecule has 0 radical (unpaired) electrons. The molecular formula is C64H54Si2. The van der Waals surface area contributed by atoms with E-state index in [-0.39, 0.29) is 0 Å². The summed E-state index contributed by atoms with van der Waals surface area (Å²) in [6.07, 6.45) is 0. The summed E-state index contributed by atoms with van der Waals surface area (Å²) in [4.78, 5) is 0. The lowest BCUT2D eigenvalue weighted by atomic mass is 9.80. The van der Waals surface area contributed by atoms with E-state index in [1.54, 1.807) is 0 Å². The molecule has 0 bridgehead atoms. The van der Waals surface area contributed by atoms with Crippen molar-refractivity contribution < 1.29 is 0 Å². The number of rotatable bonds is 8. The van der Waals surface area contributed by atoms with Gasteiger partial charge in [0, 0.05) is 0 Å². The van der Waals surface area contributed by atoms with Gasteiger partial charge in [-0.2, -0.15) is 0 Å². The Bertz CT molecular complexity index is 3400. The van der Waals surface area contributed by atoms with E-state index in [4.69, 9.17) is 0 Å². The second kappa shape index (κ2) is 16.4. The standard InChI is InChI=1S/C64H54Si2/c1-65(2,3)61-39-37-49(51-27-15-17-29-53(51)61)45-33-35-57-59(41-45)63(55-31-19-13-25-47(55)43-21-9-7-10-22-43)58-36-34-46(50-38-40-62(66(4,5)6)54-30-18-16-28-52(50)54)42-60(58)64(57)56-32-20-14-26-48(56)44-23-11-8-12-24-44/h7-42H,1-6H3. The van der Waals surface area contributed by atoms with E-state index in [9.17, 15) is 0 Å². The van der Waals surface area contributed by atoms with Crippen LogP contribution in [0.15, 0.2) is 218 Å². The fourth-order valence-corrected chi connectivity index (χ4v) is 13.9. The third-order valence-corrected chi connectivity index (χ3v) is 17.9.